The van der Waals surface area contributed by atoms with Gasteiger partial charge in [0.15, 0.2) is 0 Å². The molecule has 9 heavy (non-hydrogen) atoms. The van der Waals surface area contributed by atoms with Crippen LogP contribution in [0.25, 0.3) is 0 Å². The van der Waals surface area contributed by atoms with Crippen LogP contribution in [-0.2, 0) is 0 Å². The molecule has 0 aromatic heterocycles. The van der Waals surface area contributed by atoms with Crippen molar-refractivity contribution >= 4 is 0 Å². The summed E-state index contributed by atoms with van der Waals surface area (Å²) in [5.41, 5.74) is 0. The molecule has 1 nitrogen and oxygen atoms in total. The molecule has 0 bridgehead atoms. The van der Waals surface area contributed by atoms with Crippen molar-refractivity contribution in [1.82, 2.24) is 0 Å². The Hall–Kier alpha value is -0.460. The summed E-state index contributed by atoms with van der Waals surface area (Å²) < 4.78 is 0. The monoisotopic (exact) mass is 128 g/mol. The Bertz CT molecular complexity index is 86.6. The van der Waals surface area contributed by atoms with Crippen LogP contribution in [0.2, 0.25) is 0 Å². The minimum atomic E-state index is 0.329. The van der Waals surface area contributed by atoms with E-state index in [1.807, 2.05) is 0 Å². The van der Waals surface area contributed by atoms with E-state index in [0.717, 1.165) is 19.3 Å². The third-order valence-electron chi connectivity index (χ3n) is 1.60. The Labute approximate surface area is 57.4 Å². The van der Waals surface area contributed by atoms with E-state index in [0.29, 0.717) is 11.7 Å². The predicted molar refractivity (Wildman–Crippen MR) is 40.5 cm³/mol. The molecule has 0 rings (SSSR count). The molecule has 1 atom stereocenters. The Morgan fingerprint density at radius 3 is 2.22 bits per heavy atom. The summed E-state index contributed by atoms with van der Waals surface area (Å²) in [5.74, 6) is 0.675. The highest BCUT2D eigenvalue weighted by Gasteiger charge is 2.06. The molecule has 1 heteroatoms. The van der Waals surface area contributed by atoms with Gasteiger partial charge in [0.05, 0.1) is 5.76 Å². The van der Waals surface area contributed by atoms with Gasteiger partial charge in [0.2, 0.25) is 0 Å². The quantitative estimate of drug-likeness (QED) is 0.577. The van der Waals surface area contributed by atoms with Crippen molar-refractivity contribution in [3.05, 3.63) is 12.3 Å². The highest BCUT2D eigenvalue weighted by atomic mass is 16.3. The zero-order valence-corrected chi connectivity index (χ0v) is 6.35. The van der Waals surface area contributed by atoms with Gasteiger partial charge in [0, 0.05) is 5.92 Å². The summed E-state index contributed by atoms with van der Waals surface area (Å²) in [6.07, 6.45) is 3.19. The van der Waals surface area contributed by atoms with Gasteiger partial charge in [-0.15, -0.1) is 0 Å². The second-order valence-corrected chi connectivity index (χ2v) is 2.39. The molecular weight excluding hydrogens is 112 g/mol. The molecule has 0 aromatic carbocycles. The topological polar surface area (TPSA) is 20.2 Å². The van der Waals surface area contributed by atoms with Crippen LogP contribution < -0.4 is 0 Å². The molecule has 0 amide bonds. The van der Waals surface area contributed by atoms with Crippen LogP contribution in [-0.4, -0.2) is 5.11 Å². The van der Waals surface area contributed by atoms with Crippen molar-refractivity contribution < 1.29 is 5.11 Å². The maximum Gasteiger partial charge on any atom is 0.0881 e. The minimum Gasteiger partial charge on any atom is -0.513 e. The Kier molecular flexibility index (Phi) is 4.20. The first kappa shape index (κ1) is 8.54. The molecule has 0 aliphatic carbocycles. The van der Waals surface area contributed by atoms with Crippen LogP contribution in [0, 0.1) is 5.92 Å². The lowest BCUT2D eigenvalue weighted by molar-refractivity contribution is 0.314. The van der Waals surface area contributed by atoms with E-state index >= 15 is 0 Å². The molecule has 1 N–H and O–H groups in total. The first-order valence-electron chi connectivity index (χ1n) is 3.60. The molecule has 0 heterocycles. The Morgan fingerprint density at radius 1 is 1.56 bits per heavy atom. The number of aliphatic hydroxyl groups is 1. The highest BCUT2D eigenvalue weighted by molar-refractivity contribution is 4.87. The van der Waals surface area contributed by atoms with E-state index in [1.54, 1.807) is 0 Å². The van der Waals surface area contributed by atoms with Crippen LogP contribution in [0.4, 0.5) is 0 Å². The molecule has 0 aliphatic heterocycles. The van der Waals surface area contributed by atoms with Gasteiger partial charge in [-0.2, -0.15) is 0 Å². The van der Waals surface area contributed by atoms with Crippen molar-refractivity contribution in [3.8, 4) is 0 Å². The van der Waals surface area contributed by atoms with Crippen molar-refractivity contribution in [2.24, 2.45) is 5.92 Å². The van der Waals surface area contributed by atoms with Crippen LogP contribution in [0.3, 0.4) is 0 Å². The zero-order valence-electron chi connectivity index (χ0n) is 6.35. The van der Waals surface area contributed by atoms with Crippen molar-refractivity contribution in [2.45, 2.75) is 33.1 Å². The van der Waals surface area contributed by atoms with E-state index in [1.165, 1.54) is 0 Å². The van der Waals surface area contributed by atoms with E-state index in [4.69, 9.17) is 5.11 Å². The van der Waals surface area contributed by atoms with Crippen molar-refractivity contribution in [2.75, 3.05) is 0 Å². The first-order chi connectivity index (χ1) is 4.22. The number of allylic oxidation sites excluding steroid dienone is 1. The van der Waals surface area contributed by atoms with Crippen molar-refractivity contribution in [3.63, 3.8) is 0 Å². The van der Waals surface area contributed by atoms with E-state index in [9.17, 15) is 0 Å². The van der Waals surface area contributed by atoms with E-state index in [2.05, 4.69) is 20.4 Å². The summed E-state index contributed by atoms with van der Waals surface area (Å²) in [5, 5.41) is 8.95. The smallest absolute Gasteiger partial charge is 0.0881 e. The van der Waals surface area contributed by atoms with Crippen LogP contribution in [0.15, 0.2) is 12.3 Å². The minimum absolute atomic E-state index is 0.329. The van der Waals surface area contributed by atoms with Gasteiger partial charge in [0.1, 0.15) is 0 Å². The second kappa shape index (κ2) is 4.42. The van der Waals surface area contributed by atoms with Crippen LogP contribution in [0.1, 0.15) is 33.1 Å². The average Bonchev–Trinajstić information content (AvgIpc) is 1.82. The molecule has 0 saturated heterocycles. The zero-order chi connectivity index (χ0) is 7.28. The largest absolute Gasteiger partial charge is 0.513 e. The summed E-state index contributed by atoms with van der Waals surface area (Å²) in [4.78, 5) is 0. The Morgan fingerprint density at radius 2 is 2.11 bits per heavy atom. The van der Waals surface area contributed by atoms with Crippen LogP contribution >= 0.6 is 0 Å². The van der Waals surface area contributed by atoms with Gasteiger partial charge in [-0.25, -0.2) is 0 Å². The molecule has 0 aromatic rings. The van der Waals surface area contributed by atoms with Gasteiger partial charge in [-0.1, -0.05) is 26.8 Å². The molecule has 0 fully saturated rings. The number of rotatable bonds is 4. The van der Waals surface area contributed by atoms with Gasteiger partial charge in [-0.05, 0) is 12.8 Å². The molecule has 1 unspecified atom stereocenters. The SMILES string of the molecule is C=C(O)C(CC)CCC. The van der Waals surface area contributed by atoms with Gasteiger partial charge < -0.3 is 5.11 Å². The lowest BCUT2D eigenvalue weighted by Gasteiger charge is -2.10. The number of hydrogen-bond acceptors (Lipinski definition) is 1. The van der Waals surface area contributed by atoms with Gasteiger partial charge in [0.25, 0.3) is 0 Å². The predicted octanol–water partition coefficient (Wildman–Crippen LogP) is 2.88. The van der Waals surface area contributed by atoms with E-state index < -0.39 is 0 Å². The van der Waals surface area contributed by atoms with Crippen molar-refractivity contribution in [1.29, 1.82) is 0 Å². The lowest BCUT2D eigenvalue weighted by atomic mass is 10.00. The molecular formula is C8H16O. The second-order valence-electron chi connectivity index (χ2n) is 2.39. The third-order valence-corrected chi connectivity index (χ3v) is 1.60. The molecule has 0 aliphatic rings. The highest BCUT2D eigenvalue weighted by Crippen LogP contribution is 2.16. The first-order valence-corrected chi connectivity index (χ1v) is 3.60. The number of aliphatic hydroxyl groups excluding tert-OH is 1. The van der Waals surface area contributed by atoms with Crippen LogP contribution in [0.5, 0.6) is 0 Å². The fourth-order valence-electron chi connectivity index (χ4n) is 0.955. The molecule has 0 radical (unpaired) electrons. The Balaban J connectivity index is 3.54. The molecule has 0 spiro atoms. The lowest BCUT2D eigenvalue weighted by Crippen LogP contribution is -2.00. The van der Waals surface area contributed by atoms with Gasteiger partial charge in [-0.3, -0.25) is 0 Å². The molecule has 0 saturated carbocycles. The van der Waals surface area contributed by atoms with Gasteiger partial charge >= 0.3 is 0 Å². The maximum atomic E-state index is 8.95. The summed E-state index contributed by atoms with van der Waals surface area (Å²) >= 11 is 0. The standard InChI is InChI=1S/C8H16O/c1-4-6-8(5-2)7(3)9/h8-9H,3-6H2,1-2H3. The maximum absolute atomic E-state index is 8.95. The summed E-state index contributed by atoms with van der Waals surface area (Å²) in [6, 6.07) is 0. The normalized spacial score (nSPS) is 13.1. The van der Waals surface area contributed by atoms with E-state index in [-0.39, 0.29) is 0 Å². The molecule has 54 valence electrons. The number of hydrogen-bond donors (Lipinski definition) is 1. The summed E-state index contributed by atoms with van der Waals surface area (Å²) in [6.45, 7) is 7.69. The third kappa shape index (κ3) is 3.17. The summed E-state index contributed by atoms with van der Waals surface area (Å²) in [7, 11) is 0. The fourth-order valence-corrected chi connectivity index (χ4v) is 0.955. The average molecular weight is 128 g/mol. The fraction of sp³-hybridized carbons (Fsp3) is 0.750.